The Morgan fingerprint density at radius 2 is 0.842 bits per heavy atom. The van der Waals surface area contributed by atoms with Gasteiger partial charge in [0.1, 0.15) is 0 Å². The van der Waals surface area contributed by atoms with Gasteiger partial charge in [-0.2, -0.15) is 0 Å². The lowest BCUT2D eigenvalue weighted by Crippen LogP contribution is -2.23. The van der Waals surface area contributed by atoms with Crippen LogP contribution in [0.5, 0.6) is 0 Å². The molecule has 0 spiro atoms. The van der Waals surface area contributed by atoms with Crippen molar-refractivity contribution in [3.05, 3.63) is 0 Å². The molecule has 0 aliphatic heterocycles. The Bertz CT molecular complexity index is 234. The first-order chi connectivity index (χ1) is 8.47. The molecule has 116 valence electrons. The molecule has 0 atom stereocenters. The highest BCUT2D eigenvalue weighted by molar-refractivity contribution is 7.42. The van der Waals surface area contributed by atoms with Crippen LogP contribution < -0.4 is 0 Å². The summed E-state index contributed by atoms with van der Waals surface area (Å²) in [7, 11) is -2.13. The Labute approximate surface area is 145 Å². The summed E-state index contributed by atoms with van der Waals surface area (Å²) >= 11 is 35.3. The summed E-state index contributed by atoms with van der Waals surface area (Å²) in [6, 6.07) is 0. The summed E-state index contributed by atoms with van der Waals surface area (Å²) < 4.78 is 11.3. The van der Waals surface area contributed by atoms with Gasteiger partial charge in [0.2, 0.25) is 13.6 Å². The molecule has 0 saturated carbocycles. The van der Waals surface area contributed by atoms with Gasteiger partial charge in [-0.3, -0.25) is 13.6 Å². The Morgan fingerprint density at radius 1 is 0.632 bits per heavy atom. The highest BCUT2D eigenvalue weighted by Gasteiger charge is 2.40. The van der Waals surface area contributed by atoms with Crippen LogP contribution in [0.2, 0.25) is 0 Å². The largest absolute Gasteiger partial charge is 0.340 e. The topological polar surface area (TPSA) is 27.7 Å². The lowest BCUT2D eigenvalue weighted by molar-refractivity contribution is 0.0904. The Kier molecular flexibility index (Phi) is 9.55. The summed E-state index contributed by atoms with van der Waals surface area (Å²) in [4.78, 5) is 0. The van der Waals surface area contributed by atoms with Crippen molar-refractivity contribution in [1.82, 2.24) is 0 Å². The zero-order chi connectivity index (χ0) is 15.3. The third kappa shape index (κ3) is 9.63. The van der Waals surface area contributed by atoms with Gasteiger partial charge < -0.3 is 0 Å². The fourth-order valence-corrected chi connectivity index (χ4v) is 2.74. The van der Waals surface area contributed by atoms with Gasteiger partial charge in [-0.05, 0) is 0 Å². The van der Waals surface area contributed by atoms with E-state index in [1.165, 1.54) is 0 Å². The van der Waals surface area contributed by atoms with Crippen molar-refractivity contribution in [2.24, 2.45) is 0 Å². The first-order valence-electron chi connectivity index (χ1n) is 5.48. The highest BCUT2D eigenvalue weighted by Crippen LogP contribution is 2.56. The monoisotopic (exact) mass is 412 g/mol. The van der Waals surface area contributed by atoms with Crippen molar-refractivity contribution in [2.75, 3.05) is 0 Å². The molecule has 19 heavy (non-hydrogen) atoms. The number of halogens is 6. The van der Waals surface area contributed by atoms with Crippen LogP contribution in [0.15, 0.2) is 0 Å². The molecule has 0 saturated heterocycles. The van der Waals surface area contributed by atoms with E-state index in [1.807, 2.05) is 0 Å². The van der Waals surface area contributed by atoms with Gasteiger partial charge in [0.25, 0.3) is 0 Å². The number of alkyl halides is 6. The number of rotatable bonds is 9. The predicted octanol–water partition coefficient (Wildman–Crippen LogP) is 6.89. The molecule has 0 aromatic carbocycles. The van der Waals surface area contributed by atoms with E-state index >= 15 is 0 Å². The average Bonchev–Trinajstić information content (AvgIpc) is 2.27. The van der Waals surface area contributed by atoms with E-state index in [0.717, 1.165) is 0 Å². The molecule has 0 aromatic rings. The smallest absolute Gasteiger partial charge is 0.275 e. The van der Waals surface area contributed by atoms with Crippen molar-refractivity contribution < 1.29 is 13.6 Å². The van der Waals surface area contributed by atoms with Crippen molar-refractivity contribution in [2.45, 2.75) is 53.6 Å². The molecule has 0 bridgehead atoms. The summed E-state index contributed by atoms with van der Waals surface area (Å²) in [5.41, 5.74) is 0. The number of hydrogen-bond acceptors (Lipinski definition) is 3. The molecule has 0 aliphatic rings. The summed E-state index contributed by atoms with van der Waals surface area (Å²) in [5.74, 6) is 0. The lowest BCUT2D eigenvalue weighted by Gasteiger charge is -2.31. The molecule has 10 heteroatoms. The van der Waals surface area contributed by atoms with Gasteiger partial charge in [0.05, 0.1) is 0 Å². The van der Waals surface area contributed by atoms with Crippen LogP contribution in [0.3, 0.4) is 0 Å². The van der Waals surface area contributed by atoms with Crippen LogP contribution in [0.1, 0.15) is 40.0 Å². The maximum atomic E-state index is 5.89. The van der Waals surface area contributed by atoms with Gasteiger partial charge in [-0.1, -0.05) is 90.4 Å². The van der Waals surface area contributed by atoms with Crippen LogP contribution in [-0.4, -0.2) is 13.6 Å². The standard InChI is InChI=1S/C9H15Cl6O3P/c1-4-7(10,11)16-19(17-8(12,13)5-2)18-9(14,15)6-3/h4-6H2,1-3H3. The van der Waals surface area contributed by atoms with E-state index in [1.54, 1.807) is 20.8 Å². The molecule has 0 rings (SSSR count). The zero-order valence-electron chi connectivity index (χ0n) is 10.6. The molecular weight excluding hydrogens is 400 g/mol. The van der Waals surface area contributed by atoms with E-state index in [-0.39, 0.29) is 19.3 Å². The summed E-state index contributed by atoms with van der Waals surface area (Å²) in [6.07, 6.45) is 0.860. The fourth-order valence-electron chi connectivity index (χ4n) is 0.577. The van der Waals surface area contributed by atoms with Crippen molar-refractivity contribution >= 4 is 78.2 Å². The van der Waals surface area contributed by atoms with E-state index in [2.05, 4.69) is 0 Å². The maximum Gasteiger partial charge on any atom is 0.340 e. The zero-order valence-corrected chi connectivity index (χ0v) is 16.0. The quantitative estimate of drug-likeness (QED) is 0.304. The van der Waals surface area contributed by atoms with Crippen LogP contribution >= 0.6 is 78.2 Å². The van der Waals surface area contributed by atoms with Gasteiger partial charge in [0.15, 0.2) is 0 Å². The second kappa shape index (κ2) is 8.62. The van der Waals surface area contributed by atoms with Gasteiger partial charge in [0, 0.05) is 19.3 Å². The first kappa shape index (κ1) is 21.0. The molecular formula is C9H15Cl6O3P. The molecule has 0 N–H and O–H groups in total. The molecule has 0 radical (unpaired) electrons. The van der Waals surface area contributed by atoms with Crippen molar-refractivity contribution in [1.29, 1.82) is 0 Å². The third-order valence-electron chi connectivity index (χ3n) is 1.86. The average molecular weight is 415 g/mol. The highest BCUT2D eigenvalue weighted by atomic mass is 35.5. The molecule has 0 fully saturated rings. The SMILES string of the molecule is CCC(Cl)(Cl)OP(OC(Cl)(Cl)CC)OC(Cl)(Cl)CC. The van der Waals surface area contributed by atoms with E-state index < -0.39 is 22.2 Å². The Balaban J connectivity index is 4.84. The Hall–Kier alpha value is 2.05. The summed E-state index contributed by atoms with van der Waals surface area (Å²) in [5, 5.41) is 0. The van der Waals surface area contributed by atoms with Crippen LogP contribution in [-0.2, 0) is 13.6 Å². The lowest BCUT2D eigenvalue weighted by atomic mass is 10.5. The van der Waals surface area contributed by atoms with E-state index in [9.17, 15) is 0 Å². The second-order valence-corrected chi connectivity index (χ2v) is 8.71. The third-order valence-corrected chi connectivity index (χ3v) is 5.95. The van der Waals surface area contributed by atoms with Crippen LogP contribution in [0.25, 0.3) is 0 Å². The van der Waals surface area contributed by atoms with Gasteiger partial charge >= 0.3 is 8.60 Å². The first-order valence-corrected chi connectivity index (χ1v) is 8.84. The molecule has 0 aliphatic carbocycles. The second-order valence-electron chi connectivity index (χ2n) is 3.47. The molecule has 0 amide bonds. The van der Waals surface area contributed by atoms with E-state index in [0.29, 0.717) is 0 Å². The fraction of sp³-hybridized carbons (Fsp3) is 1.00. The maximum absolute atomic E-state index is 5.89. The summed E-state index contributed by atoms with van der Waals surface area (Å²) in [6.45, 7) is 5.16. The molecule has 0 unspecified atom stereocenters. The number of hydrogen-bond donors (Lipinski definition) is 0. The molecule has 0 heterocycles. The van der Waals surface area contributed by atoms with Gasteiger partial charge in [-0.15, -0.1) is 0 Å². The van der Waals surface area contributed by atoms with Crippen molar-refractivity contribution in [3.63, 3.8) is 0 Å². The Morgan fingerprint density at radius 3 is 1.00 bits per heavy atom. The minimum absolute atomic E-state index is 0.287. The van der Waals surface area contributed by atoms with Crippen LogP contribution in [0.4, 0.5) is 0 Å². The predicted molar refractivity (Wildman–Crippen MR) is 84.4 cm³/mol. The van der Waals surface area contributed by atoms with Crippen LogP contribution in [0, 0.1) is 0 Å². The minimum atomic E-state index is -2.13. The normalized spacial score (nSPS) is 14.2. The van der Waals surface area contributed by atoms with Gasteiger partial charge in [-0.25, -0.2) is 0 Å². The van der Waals surface area contributed by atoms with Crippen molar-refractivity contribution in [3.8, 4) is 0 Å². The van der Waals surface area contributed by atoms with E-state index in [4.69, 9.17) is 83.2 Å². The molecule has 3 nitrogen and oxygen atoms in total. The molecule has 0 aromatic heterocycles. The minimum Gasteiger partial charge on any atom is -0.275 e.